The van der Waals surface area contributed by atoms with E-state index in [0.717, 1.165) is 18.5 Å². The van der Waals surface area contributed by atoms with Gasteiger partial charge in [-0.3, -0.25) is 4.90 Å². The van der Waals surface area contributed by atoms with Gasteiger partial charge in [-0.2, -0.15) is 0 Å². The molecule has 0 unspecified atom stereocenters. The van der Waals surface area contributed by atoms with E-state index in [1.54, 1.807) is 0 Å². The van der Waals surface area contributed by atoms with Gasteiger partial charge in [-0.1, -0.05) is 30.3 Å². The summed E-state index contributed by atoms with van der Waals surface area (Å²) in [6.07, 6.45) is 5.51. The molecule has 1 N–H and O–H groups in total. The van der Waals surface area contributed by atoms with Gasteiger partial charge in [-0.15, -0.1) is 0 Å². The molecular weight excluding hydrogens is 220 g/mol. The van der Waals surface area contributed by atoms with Gasteiger partial charge in [0.1, 0.15) is 0 Å². The molecule has 98 valence electrons. The molecule has 2 aliphatic rings. The highest BCUT2D eigenvalue weighted by Gasteiger charge is 2.31. The van der Waals surface area contributed by atoms with Crippen LogP contribution in [0.3, 0.4) is 0 Å². The Labute approximate surface area is 110 Å². The summed E-state index contributed by atoms with van der Waals surface area (Å²) < 4.78 is 0. The summed E-state index contributed by atoms with van der Waals surface area (Å²) in [5, 5.41) is 3.60. The summed E-state index contributed by atoms with van der Waals surface area (Å²) in [5.74, 6) is 0.880. The van der Waals surface area contributed by atoms with E-state index >= 15 is 0 Å². The Morgan fingerprint density at radius 1 is 1.11 bits per heavy atom. The molecule has 0 amide bonds. The molecule has 2 fully saturated rings. The van der Waals surface area contributed by atoms with Gasteiger partial charge in [0.05, 0.1) is 0 Å². The lowest BCUT2D eigenvalue weighted by molar-refractivity contribution is 0.0851. The predicted molar refractivity (Wildman–Crippen MR) is 75.5 cm³/mol. The SMILES string of the molecule is c1ccc(CN2CCC[C@@H]3CNCCC[C@H]32)cc1. The number of likely N-dealkylation sites (tertiary alicyclic amines) is 1. The molecule has 2 saturated heterocycles. The van der Waals surface area contributed by atoms with Crippen LogP contribution in [-0.4, -0.2) is 30.6 Å². The van der Waals surface area contributed by atoms with Crippen molar-refractivity contribution in [3.8, 4) is 0 Å². The van der Waals surface area contributed by atoms with Gasteiger partial charge in [0, 0.05) is 12.6 Å². The molecule has 0 aliphatic carbocycles. The molecule has 0 spiro atoms. The Hall–Kier alpha value is -0.860. The van der Waals surface area contributed by atoms with Crippen LogP contribution in [-0.2, 0) is 6.54 Å². The highest BCUT2D eigenvalue weighted by atomic mass is 15.2. The molecule has 18 heavy (non-hydrogen) atoms. The quantitative estimate of drug-likeness (QED) is 0.860. The van der Waals surface area contributed by atoms with Crippen LogP contribution in [0.1, 0.15) is 31.2 Å². The van der Waals surface area contributed by atoms with Crippen LogP contribution in [0.4, 0.5) is 0 Å². The van der Waals surface area contributed by atoms with Crippen LogP contribution < -0.4 is 5.32 Å². The van der Waals surface area contributed by atoms with Crippen LogP contribution in [0, 0.1) is 5.92 Å². The molecule has 0 radical (unpaired) electrons. The second-order valence-corrected chi connectivity index (χ2v) is 5.77. The van der Waals surface area contributed by atoms with Crippen molar-refractivity contribution < 1.29 is 0 Å². The van der Waals surface area contributed by atoms with E-state index in [1.165, 1.54) is 50.9 Å². The Morgan fingerprint density at radius 2 is 2.00 bits per heavy atom. The lowest BCUT2D eigenvalue weighted by Gasteiger charge is -2.40. The van der Waals surface area contributed by atoms with Crippen molar-refractivity contribution in [2.45, 2.75) is 38.3 Å². The lowest BCUT2D eigenvalue weighted by atomic mass is 9.87. The van der Waals surface area contributed by atoms with Gasteiger partial charge >= 0.3 is 0 Å². The molecule has 0 saturated carbocycles. The zero-order valence-electron chi connectivity index (χ0n) is 11.1. The number of nitrogens with zero attached hydrogens (tertiary/aromatic N) is 1. The highest BCUT2D eigenvalue weighted by molar-refractivity contribution is 5.14. The predicted octanol–water partition coefficient (Wildman–Crippen LogP) is 2.65. The Morgan fingerprint density at radius 3 is 2.89 bits per heavy atom. The van der Waals surface area contributed by atoms with Gasteiger partial charge < -0.3 is 5.32 Å². The van der Waals surface area contributed by atoms with E-state index in [1.807, 2.05) is 0 Å². The molecule has 0 bridgehead atoms. The Kier molecular flexibility index (Phi) is 3.96. The average molecular weight is 244 g/mol. The van der Waals surface area contributed by atoms with E-state index in [9.17, 15) is 0 Å². The fourth-order valence-electron chi connectivity index (χ4n) is 3.61. The van der Waals surface area contributed by atoms with Crippen LogP contribution >= 0.6 is 0 Å². The topological polar surface area (TPSA) is 15.3 Å². The molecule has 3 rings (SSSR count). The maximum Gasteiger partial charge on any atom is 0.0236 e. The number of benzene rings is 1. The van der Waals surface area contributed by atoms with Gasteiger partial charge in [0.2, 0.25) is 0 Å². The summed E-state index contributed by atoms with van der Waals surface area (Å²) in [4.78, 5) is 2.73. The Balaban J connectivity index is 1.70. The maximum atomic E-state index is 3.60. The first kappa shape index (κ1) is 12.2. The average Bonchev–Trinajstić information content (AvgIpc) is 2.66. The summed E-state index contributed by atoms with van der Waals surface area (Å²) in [5.41, 5.74) is 1.47. The summed E-state index contributed by atoms with van der Waals surface area (Å²) in [6.45, 7) is 4.88. The molecule has 2 atom stereocenters. The molecule has 2 heteroatoms. The first-order chi connectivity index (χ1) is 8.93. The first-order valence-corrected chi connectivity index (χ1v) is 7.42. The van der Waals surface area contributed by atoms with E-state index < -0.39 is 0 Å². The molecule has 1 aromatic carbocycles. The number of hydrogen-bond acceptors (Lipinski definition) is 2. The summed E-state index contributed by atoms with van der Waals surface area (Å²) in [6, 6.07) is 11.8. The van der Waals surface area contributed by atoms with Crippen LogP contribution in [0.15, 0.2) is 30.3 Å². The number of piperidine rings is 1. The number of rotatable bonds is 2. The van der Waals surface area contributed by atoms with E-state index in [-0.39, 0.29) is 0 Å². The van der Waals surface area contributed by atoms with Gasteiger partial charge in [-0.05, 0) is 56.8 Å². The van der Waals surface area contributed by atoms with Gasteiger partial charge in [0.15, 0.2) is 0 Å². The van der Waals surface area contributed by atoms with Crippen molar-refractivity contribution in [1.82, 2.24) is 10.2 Å². The molecule has 2 aliphatic heterocycles. The van der Waals surface area contributed by atoms with Crippen molar-refractivity contribution in [3.63, 3.8) is 0 Å². The molecular formula is C16H24N2. The monoisotopic (exact) mass is 244 g/mol. The zero-order chi connectivity index (χ0) is 12.2. The fourth-order valence-corrected chi connectivity index (χ4v) is 3.61. The second-order valence-electron chi connectivity index (χ2n) is 5.77. The van der Waals surface area contributed by atoms with Crippen molar-refractivity contribution in [2.24, 2.45) is 5.92 Å². The molecule has 2 nitrogen and oxygen atoms in total. The number of hydrogen-bond donors (Lipinski definition) is 1. The zero-order valence-corrected chi connectivity index (χ0v) is 11.1. The molecule has 1 aromatic rings. The third-order valence-corrected chi connectivity index (χ3v) is 4.52. The standard InChI is InChI=1S/C16H24N2/c1-2-6-14(7-3-1)13-18-11-5-8-15-12-17-10-4-9-16(15)18/h1-3,6-7,15-17H,4-5,8-13H2/t15-,16-/m1/s1. The normalized spacial score (nSPS) is 29.6. The third-order valence-electron chi connectivity index (χ3n) is 4.52. The maximum absolute atomic E-state index is 3.60. The van der Waals surface area contributed by atoms with Crippen molar-refractivity contribution in [3.05, 3.63) is 35.9 Å². The lowest BCUT2D eigenvalue weighted by Crippen LogP contribution is -2.46. The summed E-state index contributed by atoms with van der Waals surface area (Å²) >= 11 is 0. The largest absolute Gasteiger partial charge is 0.316 e. The van der Waals surface area contributed by atoms with Crippen LogP contribution in [0.2, 0.25) is 0 Å². The van der Waals surface area contributed by atoms with Crippen LogP contribution in [0.25, 0.3) is 0 Å². The minimum Gasteiger partial charge on any atom is -0.316 e. The van der Waals surface area contributed by atoms with Gasteiger partial charge in [-0.25, -0.2) is 0 Å². The van der Waals surface area contributed by atoms with Crippen molar-refractivity contribution >= 4 is 0 Å². The summed E-state index contributed by atoms with van der Waals surface area (Å²) in [7, 11) is 0. The smallest absolute Gasteiger partial charge is 0.0236 e. The number of fused-ring (bicyclic) bond motifs is 1. The minimum atomic E-state index is 0.814. The minimum absolute atomic E-state index is 0.814. The van der Waals surface area contributed by atoms with E-state index in [4.69, 9.17) is 0 Å². The first-order valence-electron chi connectivity index (χ1n) is 7.42. The highest BCUT2D eigenvalue weighted by Crippen LogP contribution is 2.29. The third kappa shape index (κ3) is 2.76. The number of nitrogens with one attached hydrogen (secondary N) is 1. The van der Waals surface area contributed by atoms with E-state index in [2.05, 4.69) is 40.5 Å². The van der Waals surface area contributed by atoms with Crippen molar-refractivity contribution in [2.75, 3.05) is 19.6 Å². The van der Waals surface area contributed by atoms with E-state index in [0.29, 0.717) is 0 Å². The van der Waals surface area contributed by atoms with Crippen LogP contribution in [0.5, 0.6) is 0 Å². The van der Waals surface area contributed by atoms with Crippen molar-refractivity contribution in [1.29, 1.82) is 0 Å². The molecule has 2 heterocycles. The fraction of sp³-hybridized carbons (Fsp3) is 0.625. The molecule has 0 aromatic heterocycles. The van der Waals surface area contributed by atoms with Gasteiger partial charge in [0.25, 0.3) is 0 Å². The second kappa shape index (κ2) is 5.85. The Bertz CT molecular complexity index is 363.